The molecule has 94 valence electrons. The number of thiophene rings is 1. The van der Waals surface area contributed by atoms with Gasteiger partial charge in [-0.1, -0.05) is 0 Å². The van der Waals surface area contributed by atoms with Gasteiger partial charge in [0.2, 0.25) is 0 Å². The first-order valence-electron chi connectivity index (χ1n) is 5.81. The molecule has 0 bridgehead atoms. The summed E-state index contributed by atoms with van der Waals surface area (Å²) in [6.07, 6.45) is 3.25. The lowest BCUT2D eigenvalue weighted by molar-refractivity contribution is 0.0531. The highest BCUT2D eigenvalue weighted by Gasteiger charge is 2.26. The number of carbonyl (C=O) groups is 1. The number of esters is 1. The topological polar surface area (TPSA) is 38.3 Å². The molecule has 1 N–H and O–H groups in total. The monoisotopic (exact) mass is 365 g/mol. The van der Waals surface area contributed by atoms with Gasteiger partial charge in [-0.15, -0.1) is 11.3 Å². The van der Waals surface area contributed by atoms with Gasteiger partial charge in [0, 0.05) is 14.5 Å². The van der Waals surface area contributed by atoms with Crippen molar-refractivity contribution in [2.24, 2.45) is 0 Å². The van der Waals surface area contributed by atoms with Crippen molar-refractivity contribution < 1.29 is 9.53 Å². The third kappa shape index (κ3) is 2.66. The Morgan fingerprint density at radius 2 is 2.41 bits per heavy atom. The van der Waals surface area contributed by atoms with Crippen molar-refractivity contribution in [3.63, 3.8) is 0 Å². The molecule has 0 saturated carbocycles. The zero-order chi connectivity index (χ0) is 12.4. The van der Waals surface area contributed by atoms with Crippen molar-refractivity contribution in [1.29, 1.82) is 0 Å². The molecule has 1 heterocycles. The Hall–Kier alpha value is -0.140. The third-order valence-corrected chi connectivity index (χ3v) is 5.89. The van der Waals surface area contributed by atoms with Crippen molar-refractivity contribution in [3.05, 3.63) is 18.9 Å². The standard InChI is InChI=1S/C12H16INO2S/c1-3-16-12(15)11-10(13)8-6-7(14-2)4-5-9(8)17-11/h7,14H,3-6H2,1-2H3. The lowest BCUT2D eigenvalue weighted by atomic mass is 9.94. The number of rotatable bonds is 3. The van der Waals surface area contributed by atoms with E-state index in [-0.39, 0.29) is 5.97 Å². The minimum atomic E-state index is -0.169. The van der Waals surface area contributed by atoms with E-state index < -0.39 is 0 Å². The van der Waals surface area contributed by atoms with Gasteiger partial charge in [-0.2, -0.15) is 0 Å². The van der Waals surface area contributed by atoms with Crippen LogP contribution in [-0.2, 0) is 17.6 Å². The van der Waals surface area contributed by atoms with E-state index in [0.29, 0.717) is 12.6 Å². The summed E-state index contributed by atoms with van der Waals surface area (Å²) < 4.78 is 6.19. The maximum atomic E-state index is 11.8. The molecule has 0 amide bonds. The van der Waals surface area contributed by atoms with Gasteiger partial charge in [-0.25, -0.2) is 4.79 Å². The summed E-state index contributed by atoms with van der Waals surface area (Å²) in [5, 5.41) is 3.32. The Morgan fingerprint density at radius 3 is 3.06 bits per heavy atom. The first kappa shape index (κ1) is 13.3. The summed E-state index contributed by atoms with van der Waals surface area (Å²) in [6, 6.07) is 0.542. The molecule has 17 heavy (non-hydrogen) atoms. The van der Waals surface area contributed by atoms with Crippen LogP contribution in [0.2, 0.25) is 0 Å². The number of aryl methyl sites for hydroxylation is 1. The molecule has 3 nitrogen and oxygen atoms in total. The fourth-order valence-corrected chi connectivity index (χ4v) is 4.53. The van der Waals surface area contributed by atoms with Gasteiger partial charge >= 0.3 is 5.97 Å². The van der Waals surface area contributed by atoms with Gasteiger partial charge in [-0.3, -0.25) is 0 Å². The maximum Gasteiger partial charge on any atom is 0.349 e. The predicted molar refractivity (Wildman–Crippen MR) is 77.9 cm³/mol. The molecule has 0 saturated heterocycles. The second kappa shape index (κ2) is 5.67. The molecule has 0 aromatic carbocycles. The summed E-state index contributed by atoms with van der Waals surface area (Å²) in [4.78, 5) is 14.0. The molecule has 0 aliphatic heterocycles. The molecule has 5 heteroatoms. The number of halogens is 1. The van der Waals surface area contributed by atoms with Crippen molar-refractivity contribution in [2.75, 3.05) is 13.7 Å². The van der Waals surface area contributed by atoms with Crippen molar-refractivity contribution >= 4 is 39.9 Å². The van der Waals surface area contributed by atoms with Gasteiger partial charge in [0.1, 0.15) is 4.88 Å². The molecule has 0 fully saturated rings. The fourth-order valence-electron chi connectivity index (χ4n) is 2.12. The lowest BCUT2D eigenvalue weighted by Crippen LogP contribution is -2.31. The van der Waals surface area contributed by atoms with Crippen molar-refractivity contribution in [1.82, 2.24) is 5.32 Å². The van der Waals surface area contributed by atoms with Crippen LogP contribution in [0.4, 0.5) is 0 Å². The van der Waals surface area contributed by atoms with Crippen LogP contribution in [0.25, 0.3) is 0 Å². The van der Waals surface area contributed by atoms with Gasteiger partial charge in [0.15, 0.2) is 0 Å². The van der Waals surface area contributed by atoms with E-state index in [4.69, 9.17) is 4.74 Å². The number of nitrogens with one attached hydrogen (secondary N) is 1. The van der Waals surface area contributed by atoms with Crippen LogP contribution in [0.5, 0.6) is 0 Å². The molecule has 1 aliphatic carbocycles. The molecule has 1 unspecified atom stereocenters. The van der Waals surface area contributed by atoms with Crippen molar-refractivity contribution in [3.8, 4) is 0 Å². The average Bonchev–Trinajstić information content (AvgIpc) is 2.67. The average molecular weight is 365 g/mol. The minimum absolute atomic E-state index is 0.169. The first-order valence-corrected chi connectivity index (χ1v) is 7.71. The highest BCUT2D eigenvalue weighted by molar-refractivity contribution is 14.1. The van der Waals surface area contributed by atoms with E-state index in [9.17, 15) is 4.79 Å². The summed E-state index contributed by atoms with van der Waals surface area (Å²) >= 11 is 3.89. The number of hydrogen-bond acceptors (Lipinski definition) is 4. The first-order chi connectivity index (χ1) is 8.17. The Balaban J connectivity index is 2.28. The van der Waals surface area contributed by atoms with Crippen LogP contribution < -0.4 is 5.32 Å². The summed E-state index contributed by atoms with van der Waals surface area (Å²) in [7, 11) is 2.00. The summed E-state index contributed by atoms with van der Waals surface area (Å²) in [5.41, 5.74) is 1.35. The van der Waals surface area contributed by atoms with Crippen LogP contribution in [0.15, 0.2) is 0 Å². The second-order valence-corrected chi connectivity index (χ2v) is 6.28. The molecule has 0 radical (unpaired) electrons. The Labute approximate surface area is 119 Å². The molecule has 2 rings (SSSR count). The number of hydrogen-bond donors (Lipinski definition) is 1. The van der Waals surface area contributed by atoms with Crippen LogP contribution in [0, 0.1) is 3.57 Å². The predicted octanol–water partition coefficient (Wildman–Crippen LogP) is 2.61. The zero-order valence-electron chi connectivity index (χ0n) is 10.0. The SMILES string of the molecule is CCOC(=O)c1sc2c(c1I)CC(NC)CC2. The highest BCUT2D eigenvalue weighted by atomic mass is 127. The number of carbonyl (C=O) groups excluding carboxylic acids is 1. The van der Waals surface area contributed by atoms with E-state index in [2.05, 4.69) is 27.9 Å². The molecular formula is C12H16INO2S. The van der Waals surface area contributed by atoms with Crippen molar-refractivity contribution in [2.45, 2.75) is 32.2 Å². The highest BCUT2D eigenvalue weighted by Crippen LogP contribution is 2.35. The van der Waals surface area contributed by atoms with Crippen LogP contribution in [0.3, 0.4) is 0 Å². The van der Waals surface area contributed by atoms with Gasteiger partial charge in [0.25, 0.3) is 0 Å². The van der Waals surface area contributed by atoms with Crippen LogP contribution in [-0.4, -0.2) is 25.7 Å². The zero-order valence-corrected chi connectivity index (χ0v) is 13.0. The number of fused-ring (bicyclic) bond motifs is 1. The largest absolute Gasteiger partial charge is 0.462 e. The quantitative estimate of drug-likeness (QED) is 0.661. The normalized spacial score (nSPS) is 18.9. The molecule has 0 spiro atoms. The minimum Gasteiger partial charge on any atom is -0.462 e. The molecule has 1 aromatic heterocycles. The molecular weight excluding hydrogens is 349 g/mol. The molecule has 1 aromatic rings. The third-order valence-electron chi connectivity index (χ3n) is 3.07. The smallest absolute Gasteiger partial charge is 0.349 e. The Kier molecular flexibility index (Phi) is 4.43. The lowest BCUT2D eigenvalue weighted by Gasteiger charge is -2.21. The number of ether oxygens (including phenoxy) is 1. The Bertz CT molecular complexity index is 430. The summed E-state index contributed by atoms with van der Waals surface area (Å²) in [5.74, 6) is -0.169. The van der Waals surface area contributed by atoms with Gasteiger partial charge in [-0.05, 0) is 61.4 Å². The van der Waals surface area contributed by atoms with Crippen LogP contribution in [0.1, 0.15) is 33.5 Å². The van der Waals surface area contributed by atoms with Crippen LogP contribution >= 0.6 is 33.9 Å². The van der Waals surface area contributed by atoms with Gasteiger partial charge < -0.3 is 10.1 Å². The number of likely N-dealkylation sites (N-methyl/N-ethyl adjacent to an activating group) is 1. The van der Waals surface area contributed by atoms with E-state index >= 15 is 0 Å². The molecule has 1 atom stereocenters. The van der Waals surface area contributed by atoms with E-state index in [1.54, 1.807) is 11.3 Å². The van der Waals surface area contributed by atoms with E-state index in [0.717, 1.165) is 27.7 Å². The summed E-state index contributed by atoms with van der Waals surface area (Å²) in [6.45, 7) is 2.28. The van der Waals surface area contributed by atoms with E-state index in [1.165, 1.54) is 10.4 Å². The molecule has 1 aliphatic rings. The Morgan fingerprint density at radius 1 is 1.65 bits per heavy atom. The maximum absolute atomic E-state index is 11.8. The van der Waals surface area contributed by atoms with Gasteiger partial charge in [0.05, 0.1) is 6.61 Å². The second-order valence-electron chi connectivity index (χ2n) is 4.10. The van der Waals surface area contributed by atoms with E-state index in [1.807, 2.05) is 14.0 Å². The fraction of sp³-hybridized carbons (Fsp3) is 0.583.